The molecule has 3 nitrogen and oxygen atoms in total. The zero-order valence-corrected chi connectivity index (χ0v) is 16.6. The molecule has 1 N–H and O–H groups in total. The lowest BCUT2D eigenvalue weighted by molar-refractivity contribution is -0.170. The summed E-state index contributed by atoms with van der Waals surface area (Å²) in [7, 11) is 0. The molecule has 144 valence electrons. The van der Waals surface area contributed by atoms with E-state index >= 15 is 0 Å². The predicted molar refractivity (Wildman–Crippen MR) is 102 cm³/mol. The van der Waals surface area contributed by atoms with Gasteiger partial charge >= 0.3 is 5.97 Å². The standard InChI is InChI=1S/C23H34O3/c1-5-23(26-15(2)24)13-10-20-18-7-6-16-14-17(25)8-11-21(16,3)19(18)9-12-22(20,23)4/h5-6,17-20,25H,1,7-14H2,2-4H3. The third-order valence-corrected chi connectivity index (χ3v) is 8.92. The first kappa shape index (κ1) is 18.3. The van der Waals surface area contributed by atoms with E-state index in [2.05, 4.69) is 26.5 Å². The van der Waals surface area contributed by atoms with E-state index in [4.69, 9.17) is 4.74 Å². The van der Waals surface area contributed by atoms with Gasteiger partial charge in [-0.2, -0.15) is 0 Å². The number of hydrogen-bond acceptors (Lipinski definition) is 3. The van der Waals surface area contributed by atoms with E-state index in [0.717, 1.165) is 44.9 Å². The maximum atomic E-state index is 11.8. The highest BCUT2D eigenvalue weighted by molar-refractivity contribution is 5.67. The minimum absolute atomic E-state index is 0.00251. The lowest BCUT2D eigenvalue weighted by atomic mass is 9.47. The second kappa shape index (κ2) is 5.95. The molecular formula is C23H34O3. The van der Waals surface area contributed by atoms with Gasteiger partial charge in [0.25, 0.3) is 0 Å². The van der Waals surface area contributed by atoms with Crippen molar-refractivity contribution in [2.45, 2.75) is 83.8 Å². The molecule has 7 unspecified atom stereocenters. The maximum Gasteiger partial charge on any atom is 0.303 e. The van der Waals surface area contributed by atoms with Crippen molar-refractivity contribution in [1.29, 1.82) is 0 Å². The second-order valence-corrected chi connectivity index (χ2v) is 9.84. The SMILES string of the molecule is C=CC1(OC(C)=O)CCC2C3CC=C4CC(O)CCC4(C)C3CCC21C. The van der Waals surface area contributed by atoms with Crippen molar-refractivity contribution >= 4 is 5.97 Å². The van der Waals surface area contributed by atoms with Crippen molar-refractivity contribution in [2.75, 3.05) is 0 Å². The molecular weight excluding hydrogens is 324 g/mol. The Balaban J connectivity index is 1.68. The molecule has 0 aromatic carbocycles. The summed E-state index contributed by atoms with van der Waals surface area (Å²) < 4.78 is 5.94. The van der Waals surface area contributed by atoms with Gasteiger partial charge in [0, 0.05) is 12.3 Å². The predicted octanol–water partition coefficient (Wildman–Crippen LogP) is 4.80. The molecule has 26 heavy (non-hydrogen) atoms. The highest BCUT2D eigenvalue weighted by Crippen LogP contribution is 2.68. The second-order valence-electron chi connectivity index (χ2n) is 9.84. The van der Waals surface area contributed by atoms with E-state index < -0.39 is 5.60 Å². The molecule has 0 aromatic rings. The summed E-state index contributed by atoms with van der Waals surface area (Å²) in [4.78, 5) is 11.8. The third kappa shape index (κ3) is 2.32. The quantitative estimate of drug-likeness (QED) is 0.570. The topological polar surface area (TPSA) is 46.5 Å². The number of allylic oxidation sites excluding steroid dienone is 1. The normalized spacial score (nSPS) is 50.1. The fourth-order valence-electron chi connectivity index (χ4n) is 7.48. The summed E-state index contributed by atoms with van der Waals surface area (Å²) in [6, 6.07) is 0. The summed E-state index contributed by atoms with van der Waals surface area (Å²) in [5, 5.41) is 10.1. The van der Waals surface area contributed by atoms with Crippen LogP contribution >= 0.6 is 0 Å². The van der Waals surface area contributed by atoms with Crippen molar-refractivity contribution in [2.24, 2.45) is 28.6 Å². The number of carbonyl (C=O) groups is 1. The van der Waals surface area contributed by atoms with E-state index in [9.17, 15) is 9.90 Å². The number of hydrogen-bond donors (Lipinski definition) is 1. The van der Waals surface area contributed by atoms with Gasteiger partial charge in [0.05, 0.1) is 6.10 Å². The number of rotatable bonds is 2. The summed E-state index contributed by atoms with van der Waals surface area (Å²) in [5.74, 6) is 1.76. The van der Waals surface area contributed by atoms with Crippen LogP contribution in [-0.4, -0.2) is 22.8 Å². The lowest BCUT2D eigenvalue weighted by Gasteiger charge is -2.59. The lowest BCUT2D eigenvalue weighted by Crippen LogP contribution is -2.55. The van der Waals surface area contributed by atoms with Crippen LogP contribution in [0, 0.1) is 28.6 Å². The molecule has 3 fully saturated rings. The Hall–Kier alpha value is -1.09. The fourth-order valence-corrected chi connectivity index (χ4v) is 7.48. The average Bonchev–Trinajstić information content (AvgIpc) is 2.88. The molecule has 4 aliphatic rings. The number of aliphatic hydroxyl groups is 1. The number of carbonyl (C=O) groups excluding carboxylic acids is 1. The van der Waals surface area contributed by atoms with Crippen LogP contribution in [-0.2, 0) is 9.53 Å². The highest BCUT2D eigenvalue weighted by atomic mass is 16.6. The van der Waals surface area contributed by atoms with Gasteiger partial charge in [-0.3, -0.25) is 4.79 Å². The maximum absolute atomic E-state index is 11.8. The number of ether oxygens (including phenoxy) is 1. The van der Waals surface area contributed by atoms with Crippen LogP contribution in [0.4, 0.5) is 0 Å². The summed E-state index contributed by atoms with van der Waals surface area (Å²) in [6.45, 7) is 10.4. The Morgan fingerprint density at radius 1 is 1.23 bits per heavy atom. The number of aliphatic hydroxyl groups excluding tert-OH is 1. The Labute approximate surface area is 157 Å². The van der Waals surface area contributed by atoms with Gasteiger partial charge in [-0.25, -0.2) is 0 Å². The third-order valence-electron chi connectivity index (χ3n) is 8.92. The van der Waals surface area contributed by atoms with Crippen LogP contribution in [0.2, 0.25) is 0 Å². The fraction of sp³-hybridized carbons (Fsp3) is 0.783. The van der Waals surface area contributed by atoms with Gasteiger partial charge in [0.2, 0.25) is 0 Å². The molecule has 0 aromatic heterocycles. The Morgan fingerprint density at radius 2 is 1.96 bits per heavy atom. The Kier molecular flexibility index (Phi) is 4.19. The zero-order chi connectivity index (χ0) is 18.7. The molecule has 0 saturated heterocycles. The van der Waals surface area contributed by atoms with Gasteiger partial charge < -0.3 is 9.84 Å². The van der Waals surface area contributed by atoms with Gasteiger partial charge in [-0.05, 0) is 80.6 Å². The van der Waals surface area contributed by atoms with E-state index in [1.165, 1.54) is 18.9 Å². The van der Waals surface area contributed by atoms with Crippen LogP contribution in [0.1, 0.15) is 72.1 Å². The van der Waals surface area contributed by atoms with Crippen LogP contribution in [0.5, 0.6) is 0 Å². The molecule has 0 spiro atoms. The minimum Gasteiger partial charge on any atom is -0.454 e. The van der Waals surface area contributed by atoms with Crippen LogP contribution in [0.3, 0.4) is 0 Å². The molecule has 3 saturated carbocycles. The van der Waals surface area contributed by atoms with E-state index in [1.807, 2.05) is 6.08 Å². The first-order valence-electron chi connectivity index (χ1n) is 10.5. The molecule has 7 atom stereocenters. The van der Waals surface area contributed by atoms with Crippen molar-refractivity contribution in [3.05, 3.63) is 24.3 Å². The minimum atomic E-state index is -0.498. The highest BCUT2D eigenvalue weighted by Gasteiger charge is 2.64. The molecule has 0 radical (unpaired) electrons. The van der Waals surface area contributed by atoms with Gasteiger partial charge in [0.15, 0.2) is 0 Å². The monoisotopic (exact) mass is 358 g/mol. The smallest absolute Gasteiger partial charge is 0.303 e. The van der Waals surface area contributed by atoms with Gasteiger partial charge in [-0.15, -0.1) is 0 Å². The molecule has 3 heteroatoms. The van der Waals surface area contributed by atoms with Gasteiger partial charge in [0.1, 0.15) is 5.60 Å². The summed E-state index contributed by atoms with van der Waals surface area (Å²) >= 11 is 0. The number of esters is 1. The van der Waals surface area contributed by atoms with Crippen molar-refractivity contribution < 1.29 is 14.6 Å². The Bertz CT molecular complexity index is 652. The van der Waals surface area contributed by atoms with E-state index in [-0.39, 0.29) is 22.9 Å². The van der Waals surface area contributed by atoms with Crippen molar-refractivity contribution in [1.82, 2.24) is 0 Å². The number of fused-ring (bicyclic) bond motifs is 5. The van der Waals surface area contributed by atoms with Crippen LogP contribution in [0.15, 0.2) is 24.3 Å². The molecule has 4 aliphatic carbocycles. The van der Waals surface area contributed by atoms with Crippen molar-refractivity contribution in [3.8, 4) is 0 Å². The molecule has 0 bridgehead atoms. The van der Waals surface area contributed by atoms with Crippen molar-refractivity contribution in [3.63, 3.8) is 0 Å². The molecule has 0 heterocycles. The van der Waals surface area contributed by atoms with Crippen LogP contribution in [0.25, 0.3) is 0 Å². The van der Waals surface area contributed by atoms with Gasteiger partial charge in [-0.1, -0.05) is 32.1 Å². The Morgan fingerprint density at radius 3 is 2.65 bits per heavy atom. The first-order chi connectivity index (χ1) is 12.3. The summed E-state index contributed by atoms with van der Waals surface area (Å²) in [6.07, 6.45) is 12.6. The first-order valence-corrected chi connectivity index (χ1v) is 10.5. The van der Waals surface area contributed by atoms with E-state index in [0.29, 0.717) is 17.8 Å². The van der Waals surface area contributed by atoms with E-state index in [1.54, 1.807) is 0 Å². The molecule has 0 amide bonds. The largest absolute Gasteiger partial charge is 0.454 e. The summed E-state index contributed by atoms with van der Waals surface area (Å²) in [5.41, 5.74) is 1.26. The zero-order valence-electron chi connectivity index (χ0n) is 16.6. The average molecular weight is 359 g/mol. The van der Waals surface area contributed by atoms with Crippen LogP contribution < -0.4 is 0 Å². The molecule has 0 aliphatic heterocycles. The molecule has 4 rings (SSSR count).